The molecule has 1 fully saturated rings. The second-order valence-corrected chi connectivity index (χ2v) is 4.65. The Bertz CT molecular complexity index is 197. The van der Waals surface area contributed by atoms with E-state index in [0.717, 1.165) is 38.9 Å². The van der Waals surface area contributed by atoms with Gasteiger partial charge in [-0.1, -0.05) is 33.1 Å². The van der Waals surface area contributed by atoms with Crippen molar-refractivity contribution in [2.45, 2.75) is 58.5 Å². The second-order valence-electron chi connectivity index (χ2n) is 4.65. The zero-order valence-corrected chi connectivity index (χ0v) is 10.5. The van der Waals surface area contributed by atoms with Crippen molar-refractivity contribution in [2.24, 2.45) is 5.92 Å². The van der Waals surface area contributed by atoms with Gasteiger partial charge in [-0.3, -0.25) is 4.79 Å². The van der Waals surface area contributed by atoms with E-state index in [9.17, 15) is 4.79 Å². The highest BCUT2D eigenvalue weighted by Gasteiger charge is 2.21. The van der Waals surface area contributed by atoms with Crippen LogP contribution >= 0.6 is 0 Å². The fraction of sp³-hybridized carbons (Fsp3) is 0.923. The summed E-state index contributed by atoms with van der Waals surface area (Å²) >= 11 is 0. The molecule has 1 atom stereocenters. The summed E-state index contributed by atoms with van der Waals surface area (Å²) in [7, 11) is 0. The SMILES string of the molecule is CCCCCC(C)C(=O)OC1CCOCC1. The van der Waals surface area contributed by atoms with Crippen LogP contribution in [0.1, 0.15) is 52.4 Å². The average molecular weight is 228 g/mol. The lowest BCUT2D eigenvalue weighted by molar-refractivity contribution is -0.157. The molecule has 0 aliphatic carbocycles. The minimum atomic E-state index is -0.0250. The lowest BCUT2D eigenvalue weighted by Crippen LogP contribution is -2.28. The van der Waals surface area contributed by atoms with Gasteiger partial charge in [0.05, 0.1) is 19.1 Å². The van der Waals surface area contributed by atoms with E-state index >= 15 is 0 Å². The fourth-order valence-corrected chi connectivity index (χ4v) is 1.89. The summed E-state index contributed by atoms with van der Waals surface area (Å²) in [6.07, 6.45) is 6.28. The van der Waals surface area contributed by atoms with Crippen LogP contribution in [0.5, 0.6) is 0 Å². The van der Waals surface area contributed by atoms with Crippen molar-refractivity contribution in [2.75, 3.05) is 13.2 Å². The number of hydrogen-bond donors (Lipinski definition) is 0. The monoisotopic (exact) mass is 228 g/mol. The topological polar surface area (TPSA) is 35.5 Å². The van der Waals surface area contributed by atoms with Crippen LogP contribution in [-0.2, 0) is 14.3 Å². The molecule has 1 aliphatic rings. The van der Waals surface area contributed by atoms with E-state index in [1.165, 1.54) is 12.8 Å². The van der Waals surface area contributed by atoms with Crippen LogP contribution in [0.4, 0.5) is 0 Å². The van der Waals surface area contributed by atoms with Crippen LogP contribution < -0.4 is 0 Å². The van der Waals surface area contributed by atoms with Crippen LogP contribution in [-0.4, -0.2) is 25.3 Å². The van der Waals surface area contributed by atoms with Gasteiger partial charge in [-0.15, -0.1) is 0 Å². The van der Waals surface area contributed by atoms with Crippen LogP contribution in [0.3, 0.4) is 0 Å². The maximum atomic E-state index is 11.7. The molecule has 0 radical (unpaired) electrons. The number of hydrogen-bond acceptors (Lipinski definition) is 3. The maximum absolute atomic E-state index is 11.7. The highest BCUT2D eigenvalue weighted by molar-refractivity contribution is 5.72. The van der Waals surface area contributed by atoms with Crippen molar-refractivity contribution in [1.29, 1.82) is 0 Å². The first-order valence-electron chi connectivity index (χ1n) is 6.52. The molecule has 3 nitrogen and oxygen atoms in total. The van der Waals surface area contributed by atoms with Gasteiger partial charge < -0.3 is 9.47 Å². The smallest absolute Gasteiger partial charge is 0.308 e. The van der Waals surface area contributed by atoms with E-state index in [1.54, 1.807) is 0 Å². The third-order valence-corrected chi connectivity index (χ3v) is 3.09. The minimum absolute atomic E-state index is 0.0250. The van der Waals surface area contributed by atoms with E-state index in [-0.39, 0.29) is 18.0 Å². The van der Waals surface area contributed by atoms with Crippen molar-refractivity contribution in [1.82, 2.24) is 0 Å². The molecule has 0 aromatic carbocycles. The lowest BCUT2D eigenvalue weighted by Gasteiger charge is -2.23. The Kier molecular flexibility index (Phi) is 6.46. The molecule has 0 aromatic rings. The third kappa shape index (κ3) is 4.97. The van der Waals surface area contributed by atoms with Crippen molar-refractivity contribution >= 4 is 5.97 Å². The van der Waals surface area contributed by atoms with Gasteiger partial charge in [0.1, 0.15) is 6.10 Å². The van der Waals surface area contributed by atoms with Gasteiger partial charge in [0.25, 0.3) is 0 Å². The van der Waals surface area contributed by atoms with Gasteiger partial charge in [-0.2, -0.15) is 0 Å². The Hall–Kier alpha value is -0.570. The first-order chi connectivity index (χ1) is 7.74. The van der Waals surface area contributed by atoms with Crippen LogP contribution in [0.25, 0.3) is 0 Å². The summed E-state index contributed by atoms with van der Waals surface area (Å²) in [5.74, 6) is 0.0254. The molecule has 1 unspecified atom stereocenters. The Morgan fingerprint density at radius 1 is 1.38 bits per heavy atom. The number of esters is 1. The zero-order chi connectivity index (χ0) is 11.8. The van der Waals surface area contributed by atoms with E-state index in [4.69, 9.17) is 9.47 Å². The summed E-state index contributed by atoms with van der Waals surface area (Å²) in [6.45, 7) is 5.59. The largest absolute Gasteiger partial charge is 0.462 e. The van der Waals surface area contributed by atoms with Gasteiger partial charge in [-0.25, -0.2) is 0 Å². The molecule has 0 spiro atoms. The summed E-state index contributed by atoms with van der Waals surface area (Å²) < 4.78 is 10.7. The quantitative estimate of drug-likeness (QED) is 0.518. The van der Waals surface area contributed by atoms with Gasteiger partial charge >= 0.3 is 5.97 Å². The Balaban J connectivity index is 2.16. The molecule has 0 N–H and O–H groups in total. The Labute approximate surface area is 98.5 Å². The van der Waals surface area contributed by atoms with Crippen LogP contribution in [0, 0.1) is 5.92 Å². The molecule has 0 bridgehead atoms. The minimum Gasteiger partial charge on any atom is -0.462 e. The summed E-state index contributed by atoms with van der Waals surface area (Å²) in [6, 6.07) is 0. The standard InChI is InChI=1S/C13H24O3/c1-3-4-5-6-11(2)13(14)16-12-7-9-15-10-8-12/h11-12H,3-10H2,1-2H3. The predicted octanol–water partition coefficient (Wildman–Crippen LogP) is 2.93. The number of unbranched alkanes of at least 4 members (excludes halogenated alkanes) is 2. The highest BCUT2D eigenvalue weighted by Crippen LogP contribution is 2.16. The summed E-state index contributed by atoms with van der Waals surface area (Å²) in [5, 5.41) is 0. The number of ether oxygens (including phenoxy) is 2. The average Bonchev–Trinajstić information content (AvgIpc) is 2.30. The first kappa shape index (κ1) is 13.5. The van der Waals surface area contributed by atoms with Gasteiger partial charge in [-0.05, 0) is 6.42 Å². The predicted molar refractivity (Wildman–Crippen MR) is 63.2 cm³/mol. The molecule has 0 amide bonds. The Morgan fingerprint density at radius 2 is 2.06 bits per heavy atom. The van der Waals surface area contributed by atoms with Crippen molar-refractivity contribution in [3.63, 3.8) is 0 Å². The molecule has 0 aromatic heterocycles. The number of carbonyl (C=O) groups excluding carboxylic acids is 1. The molecule has 0 saturated carbocycles. The molecule has 1 heterocycles. The van der Waals surface area contributed by atoms with Gasteiger partial charge in [0.15, 0.2) is 0 Å². The number of carbonyl (C=O) groups is 1. The van der Waals surface area contributed by atoms with Crippen molar-refractivity contribution < 1.29 is 14.3 Å². The molecule has 94 valence electrons. The number of rotatable bonds is 6. The Morgan fingerprint density at radius 3 is 2.69 bits per heavy atom. The van der Waals surface area contributed by atoms with E-state index in [0.29, 0.717) is 0 Å². The molecule has 1 rings (SSSR count). The summed E-state index contributed by atoms with van der Waals surface area (Å²) in [5.41, 5.74) is 0. The second kappa shape index (κ2) is 7.66. The molecule has 1 aliphatic heterocycles. The summed E-state index contributed by atoms with van der Waals surface area (Å²) in [4.78, 5) is 11.7. The first-order valence-corrected chi connectivity index (χ1v) is 6.52. The lowest BCUT2D eigenvalue weighted by atomic mass is 10.0. The third-order valence-electron chi connectivity index (χ3n) is 3.09. The van der Waals surface area contributed by atoms with Crippen LogP contribution in [0.2, 0.25) is 0 Å². The van der Waals surface area contributed by atoms with E-state index < -0.39 is 0 Å². The molecule has 3 heteroatoms. The molecular formula is C13H24O3. The molecular weight excluding hydrogens is 204 g/mol. The highest BCUT2D eigenvalue weighted by atomic mass is 16.6. The van der Waals surface area contributed by atoms with E-state index in [1.807, 2.05) is 6.92 Å². The maximum Gasteiger partial charge on any atom is 0.308 e. The van der Waals surface area contributed by atoms with E-state index in [2.05, 4.69) is 6.92 Å². The van der Waals surface area contributed by atoms with Gasteiger partial charge in [0, 0.05) is 12.8 Å². The molecule has 1 saturated heterocycles. The van der Waals surface area contributed by atoms with Gasteiger partial charge in [0.2, 0.25) is 0 Å². The van der Waals surface area contributed by atoms with Crippen molar-refractivity contribution in [3.8, 4) is 0 Å². The zero-order valence-electron chi connectivity index (χ0n) is 10.5. The molecule has 16 heavy (non-hydrogen) atoms. The van der Waals surface area contributed by atoms with Crippen molar-refractivity contribution in [3.05, 3.63) is 0 Å². The normalized spacial score (nSPS) is 19.4. The fourth-order valence-electron chi connectivity index (χ4n) is 1.89. The van der Waals surface area contributed by atoms with Crippen LogP contribution in [0.15, 0.2) is 0 Å².